The lowest BCUT2D eigenvalue weighted by Gasteiger charge is -2.50. The van der Waals surface area contributed by atoms with Crippen LogP contribution in [-0.2, 0) is 11.5 Å². The summed E-state index contributed by atoms with van der Waals surface area (Å²) in [5, 5.41) is 0. The van der Waals surface area contributed by atoms with Gasteiger partial charge in [-0.2, -0.15) is 49.9 Å². The van der Waals surface area contributed by atoms with Gasteiger partial charge in [-0.15, -0.1) is 0 Å². The summed E-state index contributed by atoms with van der Waals surface area (Å²) in [6.45, 7) is 7.24. The Morgan fingerprint density at radius 3 is 1.38 bits per heavy atom. The van der Waals surface area contributed by atoms with Gasteiger partial charge in [-0.3, -0.25) is 0 Å². The first kappa shape index (κ1) is 26.4. The fraction of sp³-hybridized carbons (Fsp3) is 0.481. The Morgan fingerprint density at radius 2 is 1.00 bits per heavy atom. The highest BCUT2D eigenvalue weighted by Crippen LogP contribution is 2.80. The summed E-state index contributed by atoms with van der Waals surface area (Å²) in [4.78, 5) is 1.42. The Hall–Kier alpha value is -0.840. The molecule has 0 unspecified atom stereocenters. The van der Waals surface area contributed by atoms with E-state index < -0.39 is 39.7 Å². The molecule has 0 N–H and O–H groups in total. The van der Waals surface area contributed by atoms with Crippen molar-refractivity contribution in [3.8, 4) is 0 Å². The quantitative estimate of drug-likeness (QED) is 0.276. The number of alkyl halides is 6. The van der Waals surface area contributed by atoms with Crippen LogP contribution in [0.15, 0.2) is 66.2 Å². The van der Waals surface area contributed by atoms with Crippen LogP contribution >= 0.6 is 47.0 Å². The lowest BCUT2D eigenvalue weighted by Crippen LogP contribution is -2.47. The van der Waals surface area contributed by atoms with Crippen LogP contribution in [0.3, 0.4) is 0 Å². The van der Waals surface area contributed by atoms with Crippen LogP contribution in [-0.4, -0.2) is 29.3 Å². The number of rotatable bonds is 0. The summed E-state index contributed by atoms with van der Waals surface area (Å²) >= 11 is 5.28. The Bertz CT molecular complexity index is 1270. The third-order valence-corrected chi connectivity index (χ3v) is 13.5. The number of benzene rings is 1. The number of allylic oxidation sites excluding steroid dienone is 6. The molecule has 5 aliphatic rings. The first-order valence-corrected chi connectivity index (χ1v) is 15.8. The second kappa shape index (κ2) is 8.10. The highest BCUT2D eigenvalue weighted by molar-refractivity contribution is 8.08. The summed E-state index contributed by atoms with van der Waals surface area (Å²) in [6, 6.07) is 8.17. The summed E-state index contributed by atoms with van der Waals surface area (Å²) < 4.78 is 91.5. The topological polar surface area (TPSA) is 0 Å². The van der Waals surface area contributed by atoms with Gasteiger partial charge in [-0.25, -0.2) is 0 Å². The van der Waals surface area contributed by atoms with E-state index in [1.165, 1.54) is 11.1 Å². The van der Waals surface area contributed by atoms with Crippen molar-refractivity contribution < 1.29 is 26.3 Å². The molecule has 3 aliphatic heterocycles. The minimum absolute atomic E-state index is 0.0287. The van der Waals surface area contributed by atoms with Crippen LogP contribution in [0.2, 0.25) is 0 Å². The van der Waals surface area contributed by atoms with Gasteiger partial charge in [0, 0.05) is 54.8 Å². The molecule has 0 nitrogen and oxygen atoms in total. The molecule has 3 heterocycles. The molecule has 1 saturated carbocycles. The molecule has 0 saturated heterocycles. The van der Waals surface area contributed by atoms with Crippen LogP contribution in [0.4, 0.5) is 26.3 Å². The maximum Gasteiger partial charge on any atom is 0.380 e. The first-order valence-electron chi connectivity index (χ1n) is 11.8. The molecule has 1 fully saturated rings. The molecule has 198 valence electrons. The maximum absolute atomic E-state index is 15.4. The lowest BCUT2D eigenvalue weighted by atomic mass is 9.55. The minimum atomic E-state index is -5.50. The highest BCUT2D eigenvalue weighted by Gasteiger charge is 2.85. The largest absolute Gasteiger partial charge is 0.380 e. The van der Waals surface area contributed by atoms with Gasteiger partial charge < -0.3 is 0 Å². The van der Waals surface area contributed by atoms with Gasteiger partial charge in [0.05, 0.1) is 0 Å². The Balaban J connectivity index is 1.63. The standard InChI is InChI=1S/C27H24F6S4/c1-13-17-11-34-9-15-7-5-6-8-16(15)10-35-12-18-14(2)37-22-20-19(21(36-13)23(17,3)24(18,22)4)25(28,29)27(32,33)26(20,30)31/h5-8H,9-12H2,1-4H3/t23-,24-/m0/s1. The summed E-state index contributed by atoms with van der Waals surface area (Å²) in [7, 11) is 0. The average molecular weight is 591 g/mol. The lowest BCUT2D eigenvalue weighted by molar-refractivity contribution is -0.258. The van der Waals surface area contributed by atoms with Crippen molar-refractivity contribution >= 4 is 47.0 Å². The van der Waals surface area contributed by atoms with Crippen molar-refractivity contribution in [1.29, 1.82) is 0 Å². The molecule has 1 aromatic rings. The number of fused-ring (bicyclic) bond motifs is 2. The molecule has 6 rings (SSSR count). The smallest absolute Gasteiger partial charge is 0.194 e. The molecule has 1 aromatic carbocycles. The van der Waals surface area contributed by atoms with Crippen LogP contribution in [0, 0.1) is 10.8 Å². The van der Waals surface area contributed by atoms with Crippen molar-refractivity contribution in [3.63, 3.8) is 0 Å². The normalized spacial score (nSPS) is 33.8. The van der Waals surface area contributed by atoms with E-state index >= 15 is 17.6 Å². The monoisotopic (exact) mass is 590 g/mol. The molecule has 0 aromatic heterocycles. The molecule has 0 spiro atoms. The van der Waals surface area contributed by atoms with Gasteiger partial charge in [-0.1, -0.05) is 47.8 Å². The Morgan fingerprint density at radius 1 is 0.622 bits per heavy atom. The molecule has 0 amide bonds. The van der Waals surface area contributed by atoms with Gasteiger partial charge in [0.1, 0.15) is 0 Å². The van der Waals surface area contributed by atoms with Gasteiger partial charge >= 0.3 is 17.8 Å². The van der Waals surface area contributed by atoms with Gasteiger partial charge in [-0.05, 0) is 59.8 Å². The van der Waals surface area contributed by atoms with E-state index in [0.29, 0.717) is 23.0 Å². The summed E-state index contributed by atoms with van der Waals surface area (Å²) in [5.41, 5.74) is -0.388. The minimum Gasteiger partial charge on any atom is -0.194 e. The SMILES string of the molecule is CC1=C2CSCc3ccccc3CSCC3=C(C)SC4=C5C(=C(S1)[C@@]2(C)[C@@]34C)C(F)(F)C(F)(F)C5(F)F. The highest BCUT2D eigenvalue weighted by atomic mass is 32.2. The average Bonchev–Trinajstić information content (AvgIpc) is 3.27. The maximum atomic E-state index is 15.4. The summed E-state index contributed by atoms with van der Waals surface area (Å²) in [5.74, 6) is -13.0. The predicted octanol–water partition coefficient (Wildman–Crippen LogP) is 9.66. The Labute approximate surface area is 229 Å². The molecule has 0 radical (unpaired) electrons. The van der Waals surface area contributed by atoms with Crippen molar-refractivity contribution in [2.45, 2.75) is 57.0 Å². The second-order valence-corrected chi connectivity index (χ2v) is 14.8. The van der Waals surface area contributed by atoms with Crippen molar-refractivity contribution in [3.05, 3.63) is 77.3 Å². The van der Waals surface area contributed by atoms with Crippen LogP contribution in [0.5, 0.6) is 0 Å². The van der Waals surface area contributed by atoms with E-state index in [1.807, 2.05) is 26.0 Å². The number of hydrogen-bond acceptors (Lipinski definition) is 4. The fourth-order valence-corrected chi connectivity index (χ4v) is 12.4. The third-order valence-electron chi connectivity index (χ3n) is 8.72. The van der Waals surface area contributed by atoms with Crippen LogP contribution in [0.1, 0.15) is 38.8 Å². The molecule has 0 bridgehead atoms. The zero-order valence-electron chi connectivity index (χ0n) is 20.5. The van der Waals surface area contributed by atoms with Crippen LogP contribution in [0.25, 0.3) is 0 Å². The Kier molecular flexibility index (Phi) is 5.78. The van der Waals surface area contributed by atoms with Crippen molar-refractivity contribution in [1.82, 2.24) is 0 Å². The molecule has 2 atom stereocenters. The van der Waals surface area contributed by atoms with Gasteiger partial charge in [0.25, 0.3) is 0 Å². The zero-order chi connectivity index (χ0) is 26.8. The number of halogens is 6. The first-order chi connectivity index (χ1) is 17.2. The molecule has 10 heteroatoms. The van der Waals surface area contributed by atoms with E-state index in [1.54, 1.807) is 37.4 Å². The van der Waals surface area contributed by atoms with Gasteiger partial charge in [0.2, 0.25) is 0 Å². The van der Waals surface area contributed by atoms with E-state index in [0.717, 1.165) is 44.5 Å². The fourth-order valence-electron chi connectivity index (χ4n) is 6.47. The third kappa shape index (κ3) is 3.02. The van der Waals surface area contributed by atoms with Crippen molar-refractivity contribution in [2.24, 2.45) is 10.8 Å². The number of hydrogen-bond donors (Lipinski definition) is 0. The van der Waals surface area contributed by atoms with E-state index in [9.17, 15) is 8.78 Å². The molecule has 37 heavy (non-hydrogen) atoms. The molecular formula is C27H24F6S4. The molecular weight excluding hydrogens is 567 g/mol. The van der Waals surface area contributed by atoms with E-state index in [-0.39, 0.29) is 9.81 Å². The zero-order valence-corrected chi connectivity index (χ0v) is 23.8. The molecule has 2 aliphatic carbocycles. The van der Waals surface area contributed by atoms with E-state index in [2.05, 4.69) is 12.1 Å². The predicted molar refractivity (Wildman–Crippen MR) is 144 cm³/mol. The number of thioether (sulfide) groups is 4. The van der Waals surface area contributed by atoms with Gasteiger partial charge in [0.15, 0.2) is 0 Å². The van der Waals surface area contributed by atoms with E-state index in [4.69, 9.17) is 0 Å². The van der Waals surface area contributed by atoms with Crippen LogP contribution < -0.4 is 0 Å². The summed E-state index contributed by atoms with van der Waals surface area (Å²) in [6.07, 6.45) is 0. The van der Waals surface area contributed by atoms with Crippen molar-refractivity contribution in [2.75, 3.05) is 11.5 Å². The second-order valence-electron chi connectivity index (χ2n) is 10.4.